The lowest BCUT2D eigenvalue weighted by Gasteiger charge is -2.09. The number of oxime groups is 1. The zero-order chi connectivity index (χ0) is 13.5. The summed E-state index contributed by atoms with van der Waals surface area (Å²) in [5.74, 6) is -2.30. The van der Waals surface area contributed by atoms with E-state index in [4.69, 9.17) is 15.6 Å². The van der Waals surface area contributed by atoms with Gasteiger partial charge in [-0.1, -0.05) is 5.16 Å². The van der Waals surface area contributed by atoms with Gasteiger partial charge in [-0.05, 0) is 0 Å². The van der Waals surface area contributed by atoms with Crippen LogP contribution < -0.4 is 11.1 Å². The van der Waals surface area contributed by atoms with Crippen LogP contribution in [0.4, 0.5) is 0 Å². The van der Waals surface area contributed by atoms with E-state index in [1.165, 1.54) is 0 Å². The van der Waals surface area contributed by atoms with Crippen molar-refractivity contribution in [2.24, 2.45) is 10.9 Å². The van der Waals surface area contributed by atoms with Gasteiger partial charge in [-0.25, -0.2) is 4.79 Å². The molecule has 0 spiro atoms. The molecule has 9 heteroatoms. The predicted molar refractivity (Wildman–Crippen MR) is 57.6 cm³/mol. The van der Waals surface area contributed by atoms with Crippen LogP contribution in [0.25, 0.3) is 0 Å². The van der Waals surface area contributed by atoms with E-state index in [1.54, 1.807) is 0 Å². The number of hydrogen-bond acceptors (Lipinski definition) is 6. The van der Waals surface area contributed by atoms with Gasteiger partial charge in [0.1, 0.15) is 6.61 Å². The number of carbonyl (C=O) groups excluding carboxylic acids is 2. The largest absolute Gasteiger partial charge is 0.477 e. The highest BCUT2D eigenvalue weighted by molar-refractivity contribution is 6.36. The molecule has 0 aliphatic carbocycles. The molecular formula is C9H13N3O6. The first-order chi connectivity index (χ1) is 8.50. The molecule has 18 heavy (non-hydrogen) atoms. The fourth-order valence-corrected chi connectivity index (χ4v) is 1.18. The number of amides is 2. The number of primary amides is 1. The Morgan fingerprint density at radius 2 is 2.28 bits per heavy atom. The number of hydrogen-bond donors (Lipinski definition) is 3. The third-order valence-electron chi connectivity index (χ3n) is 2.00. The topological polar surface area (TPSA) is 140 Å². The van der Waals surface area contributed by atoms with E-state index in [0.29, 0.717) is 0 Å². The summed E-state index contributed by atoms with van der Waals surface area (Å²) in [4.78, 5) is 37.0. The SMILES string of the molecule is NC(=O)COCCNC(=O)C1CC(C(=O)O)=NO1. The maximum absolute atomic E-state index is 11.5. The van der Waals surface area contributed by atoms with E-state index < -0.39 is 23.9 Å². The summed E-state index contributed by atoms with van der Waals surface area (Å²) in [6.45, 7) is 0.0600. The third-order valence-corrected chi connectivity index (χ3v) is 2.00. The van der Waals surface area contributed by atoms with Crippen molar-refractivity contribution in [1.82, 2.24) is 5.32 Å². The number of carboxylic acids is 1. The molecule has 0 saturated heterocycles. The summed E-state index contributed by atoms with van der Waals surface area (Å²) in [7, 11) is 0. The zero-order valence-corrected chi connectivity index (χ0v) is 9.42. The second-order valence-corrected chi connectivity index (χ2v) is 3.45. The van der Waals surface area contributed by atoms with Crippen LogP contribution in [0.1, 0.15) is 6.42 Å². The van der Waals surface area contributed by atoms with Crippen LogP contribution in [0.3, 0.4) is 0 Å². The lowest BCUT2D eigenvalue weighted by Crippen LogP contribution is -2.37. The molecule has 0 saturated carbocycles. The van der Waals surface area contributed by atoms with Crippen molar-refractivity contribution in [2.75, 3.05) is 19.8 Å². The van der Waals surface area contributed by atoms with E-state index in [0.717, 1.165) is 0 Å². The Balaban J connectivity index is 2.16. The number of nitrogens with two attached hydrogens (primary N) is 1. The number of carbonyl (C=O) groups is 3. The quantitative estimate of drug-likeness (QED) is 0.444. The summed E-state index contributed by atoms with van der Waals surface area (Å²) in [5, 5.41) is 14.3. The maximum Gasteiger partial charge on any atom is 0.353 e. The van der Waals surface area contributed by atoms with Gasteiger partial charge in [0.2, 0.25) is 12.0 Å². The number of ether oxygens (including phenoxy) is 1. The van der Waals surface area contributed by atoms with Crippen molar-refractivity contribution < 1.29 is 29.1 Å². The predicted octanol–water partition coefficient (Wildman–Crippen LogP) is -2.17. The summed E-state index contributed by atoms with van der Waals surface area (Å²) < 4.78 is 4.81. The van der Waals surface area contributed by atoms with Gasteiger partial charge in [0.05, 0.1) is 6.61 Å². The van der Waals surface area contributed by atoms with Crippen LogP contribution in [-0.4, -0.2) is 54.5 Å². The number of nitrogens with zero attached hydrogens (tertiary/aromatic N) is 1. The Morgan fingerprint density at radius 3 is 2.83 bits per heavy atom. The highest BCUT2D eigenvalue weighted by atomic mass is 16.6. The standard InChI is InChI=1S/C9H13N3O6/c10-7(13)4-17-2-1-11-8(14)6-3-5(9(15)16)12-18-6/h6H,1-4H2,(H2,10,13)(H,11,14)(H,15,16). The number of nitrogens with one attached hydrogen (secondary N) is 1. The average Bonchev–Trinajstić information content (AvgIpc) is 2.77. The Morgan fingerprint density at radius 1 is 1.56 bits per heavy atom. The Kier molecular flexibility index (Phi) is 5.06. The van der Waals surface area contributed by atoms with Gasteiger partial charge in [-0.15, -0.1) is 0 Å². The number of carboxylic acid groups (broad SMARTS) is 1. The zero-order valence-electron chi connectivity index (χ0n) is 9.42. The molecule has 0 aromatic carbocycles. The van der Waals surface area contributed by atoms with Crippen LogP contribution in [0.5, 0.6) is 0 Å². The molecule has 0 fully saturated rings. The third kappa shape index (κ3) is 4.37. The molecule has 1 rings (SSSR count). The van der Waals surface area contributed by atoms with Crippen molar-refractivity contribution >= 4 is 23.5 Å². The summed E-state index contributed by atoms with van der Waals surface area (Å²) in [6, 6.07) is 0. The van der Waals surface area contributed by atoms with Gasteiger partial charge >= 0.3 is 5.97 Å². The Labute approximate surface area is 102 Å². The van der Waals surface area contributed by atoms with Crippen LogP contribution in [0.15, 0.2) is 5.16 Å². The fraction of sp³-hybridized carbons (Fsp3) is 0.556. The smallest absolute Gasteiger partial charge is 0.353 e. The van der Waals surface area contributed by atoms with E-state index in [1.807, 2.05) is 0 Å². The highest BCUT2D eigenvalue weighted by Crippen LogP contribution is 2.10. The molecule has 1 unspecified atom stereocenters. The minimum atomic E-state index is -1.21. The van der Waals surface area contributed by atoms with Crippen LogP contribution >= 0.6 is 0 Å². The molecule has 9 nitrogen and oxygen atoms in total. The molecule has 0 aromatic heterocycles. The monoisotopic (exact) mass is 259 g/mol. The molecule has 0 radical (unpaired) electrons. The lowest BCUT2D eigenvalue weighted by molar-refractivity contribution is -0.131. The van der Waals surface area contributed by atoms with Crippen LogP contribution in [0.2, 0.25) is 0 Å². The molecule has 100 valence electrons. The van der Waals surface area contributed by atoms with Gasteiger partial charge in [-0.3, -0.25) is 9.59 Å². The normalized spacial score (nSPS) is 17.8. The average molecular weight is 259 g/mol. The van der Waals surface area contributed by atoms with E-state index in [9.17, 15) is 14.4 Å². The first-order valence-electron chi connectivity index (χ1n) is 5.10. The number of aliphatic carboxylic acids is 1. The van der Waals surface area contributed by atoms with E-state index in [2.05, 4.69) is 15.3 Å². The second kappa shape index (κ2) is 6.55. The van der Waals surface area contributed by atoms with Crippen LogP contribution in [-0.2, 0) is 24.0 Å². The van der Waals surface area contributed by atoms with Gasteiger partial charge in [0.25, 0.3) is 5.91 Å². The van der Waals surface area contributed by atoms with Crippen molar-refractivity contribution in [3.8, 4) is 0 Å². The van der Waals surface area contributed by atoms with Crippen molar-refractivity contribution in [3.63, 3.8) is 0 Å². The maximum atomic E-state index is 11.5. The lowest BCUT2D eigenvalue weighted by atomic mass is 10.2. The molecule has 0 aromatic rings. The van der Waals surface area contributed by atoms with Crippen molar-refractivity contribution in [1.29, 1.82) is 0 Å². The van der Waals surface area contributed by atoms with Crippen LogP contribution in [0, 0.1) is 0 Å². The van der Waals surface area contributed by atoms with Gasteiger partial charge < -0.3 is 25.7 Å². The Hall–Kier alpha value is -2.16. The van der Waals surface area contributed by atoms with Gasteiger partial charge in [-0.2, -0.15) is 0 Å². The first kappa shape index (κ1) is 13.9. The van der Waals surface area contributed by atoms with Gasteiger partial charge in [0.15, 0.2) is 5.71 Å². The molecule has 1 heterocycles. The molecular weight excluding hydrogens is 246 g/mol. The summed E-state index contributed by atoms with van der Waals surface area (Å²) >= 11 is 0. The molecule has 1 aliphatic rings. The molecule has 4 N–H and O–H groups in total. The molecule has 1 atom stereocenters. The molecule has 2 amide bonds. The molecule has 0 bridgehead atoms. The second-order valence-electron chi connectivity index (χ2n) is 3.45. The van der Waals surface area contributed by atoms with Crippen molar-refractivity contribution in [2.45, 2.75) is 12.5 Å². The fourth-order valence-electron chi connectivity index (χ4n) is 1.18. The van der Waals surface area contributed by atoms with Gasteiger partial charge in [0, 0.05) is 13.0 Å². The highest BCUT2D eigenvalue weighted by Gasteiger charge is 2.31. The Bertz CT molecular complexity index is 380. The molecule has 1 aliphatic heterocycles. The van der Waals surface area contributed by atoms with E-state index >= 15 is 0 Å². The first-order valence-corrected chi connectivity index (χ1v) is 5.10. The number of rotatable bonds is 7. The minimum Gasteiger partial charge on any atom is -0.477 e. The summed E-state index contributed by atoms with van der Waals surface area (Å²) in [6.07, 6.45) is -1.02. The summed E-state index contributed by atoms with van der Waals surface area (Å²) in [5.41, 5.74) is 4.64. The van der Waals surface area contributed by atoms with E-state index in [-0.39, 0.29) is 31.9 Å². The minimum absolute atomic E-state index is 0.0800. The van der Waals surface area contributed by atoms with Crippen molar-refractivity contribution in [3.05, 3.63) is 0 Å².